The van der Waals surface area contributed by atoms with Gasteiger partial charge < -0.3 is 5.32 Å². The minimum atomic E-state index is 0.711. The minimum absolute atomic E-state index is 0.711. The first kappa shape index (κ1) is 11.1. The molecule has 1 atom stereocenters. The van der Waals surface area contributed by atoms with Crippen molar-refractivity contribution in [3.8, 4) is 0 Å². The van der Waals surface area contributed by atoms with Gasteiger partial charge in [0.25, 0.3) is 0 Å². The summed E-state index contributed by atoms with van der Waals surface area (Å²) in [5.41, 5.74) is 2.84. The fraction of sp³-hybridized carbons (Fsp3) is 0.600. The SMILES string of the molecule is c1ccc2c(c1)CC(N1CCCCCC1)CN2. The van der Waals surface area contributed by atoms with E-state index in [0.717, 1.165) is 6.54 Å². The Labute approximate surface area is 104 Å². The highest BCUT2D eigenvalue weighted by Crippen LogP contribution is 2.24. The number of anilines is 1. The number of hydrogen-bond acceptors (Lipinski definition) is 2. The quantitative estimate of drug-likeness (QED) is 0.798. The van der Waals surface area contributed by atoms with Crippen molar-refractivity contribution in [2.24, 2.45) is 0 Å². The van der Waals surface area contributed by atoms with Crippen LogP contribution in [0.5, 0.6) is 0 Å². The molecule has 0 aliphatic carbocycles. The number of benzene rings is 1. The second-order valence-corrected chi connectivity index (χ2v) is 5.35. The molecule has 0 radical (unpaired) electrons. The highest BCUT2D eigenvalue weighted by molar-refractivity contribution is 5.53. The Morgan fingerprint density at radius 2 is 1.76 bits per heavy atom. The molecule has 1 unspecified atom stereocenters. The maximum absolute atomic E-state index is 3.59. The zero-order valence-corrected chi connectivity index (χ0v) is 10.5. The first-order valence-corrected chi connectivity index (χ1v) is 6.99. The number of fused-ring (bicyclic) bond motifs is 1. The molecule has 1 saturated heterocycles. The van der Waals surface area contributed by atoms with E-state index in [-0.39, 0.29) is 0 Å². The molecule has 0 saturated carbocycles. The molecule has 0 spiro atoms. The van der Waals surface area contributed by atoms with Gasteiger partial charge in [-0.25, -0.2) is 0 Å². The van der Waals surface area contributed by atoms with Crippen molar-refractivity contribution in [3.05, 3.63) is 29.8 Å². The summed E-state index contributed by atoms with van der Waals surface area (Å²) in [6.45, 7) is 3.72. The lowest BCUT2D eigenvalue weighted by atomic mass is 9.98. The maximum Gasteiger partial charge on any atom is 0.0373 e. The lowest BCUT2D eigenvalue weighted by Crippen LogP contribution is -2.44. The van der Waals surface area contributed by atoms with E-state index in [1.54, 1.807) is 0 Å². The molecule has 2 aliphatic rings. The molecule has 1 fully saturated rings. The number of nitrogens with one attached hydrogen (secondary N) is 1. The number of nitrogens with zero attached hydrogens (tertiary/aromatic N) is 1. The van der Waals surface area contributed by atoms with Crippen molar-refractivity contribution in [2.45, 2.75) is 38.1 Å². The van der Waals surface area contributed by atoms with Gasteiger partial charge in [0, 0.05) is 18.3 Å². The van der Waals surface area contributed by atoms with Crippen LogP contribution in [0, 0.1) is 0 Å². The van der Waals surface area contributed by atoms with Crippen molar-refractivity contribution in [3.63, 3.8) is 0 Å². The van der Waals surface area contributed by atoms with Gasteiger partial charge in [-0.15, -0.1) is 0 Å². The summed E-state index contributed by atoms with van der Waals surface area (Å²) < 4.78 is 0. The molecule has 3 rings (SSSR count). The fourth-order valence-electron chi connectivity index (χ4n) is 3.14. The first-order valence-electron chi connectivity index (χ1n) is 6.99. The Morgan fingerprint density at radius 3 is 2.59 bits per heavy atom. The summed E-state index contributed by atoms with van der Waals surface area (Å²) >= 11 is 0. The molecule has 2 heterocycles. The van der Waals surface area contributed by atoms with Crippen LogP contribution in [0.3, 0.4) is 0 Å². The zero-order valence-electron chi connectivity index (χ0n) is 10.5. The summed E-state index contributed by atoms with van der Waals surface area (Å²) in [7, 11) is 0. The van der Waals surface area contributed by atoms with E-state index in [4.69, 9.17) is 0 Å². The van der Waals surface area contributed by atoms with Crippen LogP contribution in [-0.4, -0.2) is 30.6 Å². The Hall–Kier alpha value is -1.02. The van der Waals surface area contributed by atoms with Gasteiger partial charge in [-0.2, -0.15) is 0 Å². The molecule has 0 bridgehead atoms. The van der Waals surface area contributed by atoms with Gasteiger partial charge in [-0.05, 0) is 44.0 Å². The first-order chi connectivity index (χ1) is 8.43. The molecule has 1 N–H and O–H groups in total. The predicted molar refractivity (Wildman–Crippen MR) is 72.5 cm³/mol. The predicted octanol–water partition coefficient (Wildman–Crippen LogP) is 2.90. The van der Waals surface area contributed by atoms with Crippen LogP contribution in [-0.2, 0) is 6.42 Å². The van der Waals surface area contributed by atoms with Crippen LogP contribution in [0.2, 0.25) is 0 Å². The monoisotopic (exact) mass is 230 g/mol. The van der Waals surface area contributed by atoms with Crippen LogP contribution in [0.15, 0.2) is 24.3 Å². The van der Waals surface area contributed by atoms with E-state index in [1.165, 1.54) is 56.4 Å². The third-order valence-electron chi connectivity index (χ3n) is 4.16. The van der Waals surface area contributed by atoms with Gasteiger partial charge in [0.1, 0.15) is 0 Å². The van der Waals surface area contributed by atoms with Crippen LogP contribution < -0.4 is 5.32 Å². The Kier molecular flexibility index (Phi) is 3.32. The Balaban J connectivity index is 1.70. The molecular weight excluding hydrogens is 208 g/mol. The van der Waals surface area contributed by atoms with Crippen LogP contribution >= 0.6 is 0 Å². The topological polar surface area (TPSA) is 15.3 Å². The number of para-hydroxylation sites is 1. The van der Waals surface area contributed by atoms with Gasteiger partial charge in [0.05, 0.1) is 0 Å². The largest absolute Gasteiger partial charge is 0.383 e. The normalized spacial score (nSPS) is 25.8. The molecule has 2 heteroatoms. The molecular formula is C15H22N2. The van der Waals surface area contributed by atoms with Gasteiger partial charge in [-0.3, -0.25) is 4.90 Å². The van der Waals surface area contributed by atoms with Crippen LogP contribution in [0.1, 0.15) is 31.2 Å². The Bertz CT molecular complexity index is 367. The molecule has 0 amide bonds. The third kappa shape index (κ3) is 2.47. The number of rotatable bonds is 1. The van der Waals surface area contributed by atoms with Crippen molar-refractivity contribution in [1.29, 1.82) is 0 Å². The average Bonchev–Trinajstić information content (AvgIpc) is 2.67. The van der Waals surface area contributed by atoms with Crippen molar-refractivity contribution >= 4 is 5.69 Å². The number of hydrogen-bond donors (Lipinski definition) is 1. The lowest BCUT2D eigenvalue weighted by Gasteiger charge is -2.35. The highest BCUT2D eigenvalue weighted by atomic mass is 15.2. The molecule has 1 aromatic rings. The van der Waals surface area contributed by atoms with Gasteiger partial charge >= 0.3 is 0 Å². The van der Waals surface area contributed by atoms with Crippen molar-refractivity contribution in [2.75, 3.05) is 25.0 Å². The molecule has 92 valence electrons. The highest BCUT2D eigenvalue weighted by Gasteiger charge is 2.24. The van der Waals surface area contributed by atoms with Crippen LogP contribution in [0.25, 0.3) is 0 Å². The van der Waals surface area contributed by atoms with Crippen molar-refractivity contribution in [1.82, 2.24) is 4.90 Å². The summed E-state index contributed by atoms with van der Waals surface area (Å²) in [5.74, 6) is 0. The van der Waals surface area contributed by atoms with Crippen molar-refractivity contribution < 1.29 is 0 Å². The maximum atomic E-state index is 3.59. The van der Waals surface area contributed by atoms with Crippen LogP contribution in [0.4, 0.5) is 5.69 Å². The fourth-order valence-corrected chi connectivity index (χ4v) is 3.14. The van der Waals surface area contributed by atoms with E-state index < -0.39 is 0 Å². The summed E-state index contributed by atoms with van der Waals surface area (Å²) in [6.07, 6.45) is 6.85. The lowest BCUT2D eigenvalue weighted by molar-refractivity contribution is 0.207. The Morgan fingerprint density at radius 1 is 1.00 bits per heavy atom. The van der Waals surface area contributed by atoms with E-state index in [1.807, 2.05) is 0 Å². The second-order valence-electron chi connectivity index (χ2n) is 5.35. The molecule has 2 nitrogen and oxygen atoms in total. The van der Waals surface area contributed by atoms with Gasteiger partial charge in [0.15, 0.2) is 0 Å². The smallest absolute Gasteiger partial charge is 0.0373 e. The molecule has 1 aromatic carbocycles. The molecule has 17 heavy (non-hydrogen) atoms. The number of likely N-dealkylation sites (tertiary alicyclic amines) is 1. The minimum Gasteiger partial charge on any atom is -0.383 e. The summed E-state index contributed by atoms with van der Waals surface area (Å²) in [5, 5.41) is 3.59. The summed E-state index contributed by atoms with van der Waals surface area (Å²) in [6, 6.07) is 9.46. The standard InChI is InChI=1S/C15H22N2/c1-2-6-10-17(9-5-1)14-11-13-7-3-4-8-15(13)16-12-14/h3-4,7-8,14,16H,1-2,5-6,9-12H2. The summed E-state index contributed by atoms with van der Waals surface area (Å²) in [4.78, 5) is 2.70. The van der Waals surface area contributed by atoms with E-state index in [9.17, 15) is 0 Å². The van der Waals surface area contributed by atoms with Gasteiger partial charge in [0.2, 0.25) is 0 Å². The molecule has 0 aromatic heterocycles. The third-order valence-corrected chi connectivity index (χ3v) is 4.16. The van der Waals surface area contributed by atoms with Gasteiger partial charge in [-0.1, -0.05) is 31.0 Å². The average molecular weight is 230 g/mol. The van der Waals surface area contributed by atoms with E-state index in [2.05, 4.69) is 34.5 Å². The molecule has 2 aliphatic heterocycles. The second kappa shape index (κ2) is 5.09. The zero-order chi connectivity index (χ0) is 11.5. The van der Waals surface area contributed by atoms with E-state index >= 15 is 0 Å². The van der Waals surface area contributed by atoms with E-state index in [0.29, 0.717) is 6.04 Å².